The van der Waals surface area contributed by atoms with E-state index in [1.54, 1.807) is 24.3 Å². The molecule has 2 aromatic carbocycles. The van der Waals surface area contributed by atoms with Gasteiger partial charge in [-0.3, -0.25) is 4.79 Å². The molecule has 5 heteroatoms. The molecule has 0 bridgehead atoms. The van der Waals surface area contributed by atoms with Gasteiger partial charge in [-0.25, -0.2) is 4.79 Å². The fourth-order valence-corrected chi connectivity index (χ4v) is 2.84. The summed E-state index contributed by atoms with van der Waals surface area (Å²) in [6.07, 6.45) is 0. The molecule has 0 saturated carbocycles. The average molecular weight is 337 g/mol. The van der Waals surface area contributed by atoms with Crippen LogP contribution in [0.15, 0.2) is 42.5 Å². The highest BCUT2D eigenvalue weighted by molar-refractivity contribution is 6.03. The van der Waals surface area contributed by atoms with Crippen LogP contribution < -0.4 is 0 Å². The monoisotopic (exact) mass is 337 g/mol. The van der Waals surface area contributed by atoms with Gasteiger partial charge in [0.25, 0.3) is 0 Å². The van der Waals surface area contributed by atoms with Crippen LogP contribution in [0, 0.1) is 13.8 Å². The number of phenolic OH excluding ortho intramolecular Hbond substituents is 1. The topological polar surface area (TPSA) is 68.5 Å². The summed E-state index contributed by atoms with van der Waals surface area (Å²) in [5, 5.41) is 11.7. The van der Waals surface area contributed by atoms with Gasteiger partial charge in [-0.1, -0.05) is 30.3 Å². The fraction of sp³-hybridized carbons (Fsp3) is 0.200. The van der Waals surface area contributed by atoms with Gasteiger partial charge < -0.3 is 14.4 Å². The second kappa shape index (κ2) is 6.43. The molecule has 0 atom stereocenters. The molecule has 1 heterocycles. The molecule has 1 N–H and O–H groups in total. The van der Waals surface area contributed by atoms with E-state index in [2.05, 4.69) is 0 Å². The number of rotatable bonds is 4. The van der Waals surface area contributed by atoms with E-state index in [1.165, 1.54) is 6.07 Å². The lowest BCUT2D eigenvalue weighted by atomic mass is 10.1. The Balaban J connectivity index is 1.78. The van der Waals surface area contributed by atoms with Crippen molar-refractivity contribution in [1.82, 2.24) is 4.57 Å². The molecule has 0 radical (unpaired) electrons. The van der Waals surface area contributed by atoms with Gasteiger partial charge in [0.2, 0.25) is 5.78 Å². The van der Waals surface area contributed by atoms with Crippen LogP contribution in [-0.4, -0.2) is 28.0 Å². The van der Waals surface area contributed by atoms with E-state index >= 15 is 0 Å². The number of phenols is 1. The van der Waals surface area contributed by atoms with Crippen LogP contribution in [0.4, 0.5) is 0 Å². The Morgan fingerprint density at radius 2 is 1.80 bits per heavy atom. The van der Waals surface area contributed by atoms with Crippen molar-refractivity contribution < 1.29 is 19.4 Å². The van der Waals surface area contributed by atoms with E-state index in [0.717, 1.165) is 16.8 Å². The van der Waals surface area contributed by atoms with Crippen molar-refractivity contribution in [3.05, 3.63) is 65.0 Å². The summed E-state index contributed by atoms with van der Waals surface area (Å²) in [4.78, 5) is 24.6. The number of ether oxygens (including phenoxy) is 1. The quantitative estimate of drug-likeness (QED) is 0.584. The lowest BCUT2D eigenvalue weighted by molar-refractivity contribution is 0.0472. The van der Waals surface area contributed by atoms with Crippen LogP contribution in [0.25, 0.3) is 10.8 Å². The maximum atomic E-state index is 12.3. The summed E-state index contributed by atoms with van der Waals surface area (Å²) < 4.78 is 7.03. The fourth-order valence-electron chi connectivity index (χ4n) is 2.84. The van der Waals surface area contributed by atoms with Crippen LogP contribution in [0.1, 0.15) is 32.1 Å². The molecule has 25 heavy (non-hydrogen) atoms. The molecule has 0 aliphatic rings. The number of aromatic hydroxyl groups is 1. The lowest BCUT2D eigenvalue weighted by Crippen LogP contribution is -2.15. The Bertz CT molecular complexity index is 985. The number of aromatic nitrogens is 1. The van der Waals surface area contributed by atoms with Gasteiger partial charge in [-0.2, -0.15) is 0 Å². The normalized spacial score (nSPS) is 10.8. The first-order valence-electron chi connectivity index (χ1n) is 7.94. The predicted molar refractivity (Wildman–Crippen MR) is 95.1 cm³/mol. The molecular weight excluding hydrogens is 318 g/mol. The third-order valence-electron chi connectivity index (χ3n) is 4.53. The largest absolute Gasteiger partial charge is 0.506 e. The minimum absolute atomic E-state index is 0.0486. The minimum Gasteiger partial charge on any atom is -0.506 e. The molecule has 3 rings (SSSR count). The van der Waals surface area contributed by atoms with Crippen molar-refractivity contribution in [2.75, 3.05) is 6.61 Å². The van der Waals surface area contributed by atoms with Gasteiger partial charge in [-0.15, -0.1) is 0 Å². The van der Waals surface area contributed by atoms with E-state index in [9.17, 15) is 14.7 Å². The van der Waals surface area contributed by atoms with Crippen LogP contribution in [0.3, 0.4) is 0 Å². The van der Waals surface area contributed by atoms with Gasteiger partial charge in [-0.05, 0) is 31.4 Å². The number of fused-ring (bicyclic) bond motifs is 1. The molecule has 1 aromatic heterocycles. The molecule has 0 saturated heterocycles. The van der Waals surface area contributed by atoms with Crippen molar-refractivity contribution in [3.8, 4) is 5.75 Å². The lowest BCUT2D eigenvalue weighted by Gasteiger charge is -2.08. The number of carbonyl (C=O) groups is 2. The number of nitrogens with zero attached hydrogens (tertiary/aromatic N) is 1. The predicted octanol–water partition coefficient (Wildman–Crippen LogP) is 3.54. The summed E-state index contributed by atoms with van der Waals surface area (Å²) in [5.74, 6) is -1.13. The van der Waals surface area contributed by atoms with Crippen molar-refractivity contribution in [2.24, 2.45) is 7.05 Å². The van der Waals surface area contributed by atoms with Gasteiger partial charge >= 0.3 is 5.97 Å². The first-order chi connectivity index (χ1) is 11.9. The van der Waals surface area contributed by atoms with Crippen LogP contribution in [-0.2, 0) is 11.8 Å². The van der Waals surface area contributed by atoms with Gasteiger partial charge in [0, 0.05) is 29.4 Å². The molecule has 3 aromatic rings. The number of esters is 1. The number of hydrogen-bond donors (Lipinski definition) is 1. The molecule has 0 aliphatic heterocycles. The third kappa shape index (κ3) is 3.01. The Morgan fingerprint density at radius 1 is 1.08 bits per heavy atom. The Kier molecular flexibility index (Phi) is 4.31. The molecule has 5 nitrogen and oxygen atoms in total. The smallest absolute Gasteiger partial charge is 0.342 e. The Labute approximate surface area is 145 Å². The molecule has 0 unspecified atom stereocenters. The Morgan fingerprint density at radius 3 is 2.48 bits per heavy atom. The summed E-state index contributed by atoms with van der Waals surface area (Å²) >= 11 is 0. The zero-order chi connectivity index (χ0) is 18.1. The molecule has 0 amide bonds. The zero-order valence-electron chi connectivity index (χ0n) is 14.4. The second-order valence-corrected chi connectivity index (χ2v) is 6.03. The van der Waals surface area contributed by atoms with Crippen molar-refractivity contribution in [1.29, 1.82) is 0 Å². The van der Waals surface area contributed by atoms with Gasteiger partial charge in [0.1, 0.15) is 11.3 Å². The van der Waals surface area contributed by atoms with E-state index in [1.807, 2.05) is 37.6 Å². The average Bonchev–Trinajstić information content (AvgIpc) is 2.87. The number of Topliss-reactive ketones (excluding diaryl/α,β-unsaturated/α-hetero) is 1. The van der Waals surface area contributed by atoms with Crippen molar-refractivity contribution >= 4 is 22.5 Å². The van der Waals surface area contributed by atoms with Crippen LogP contribution in [0.2, 0.25) is 0 Å². The van der Waals surface area contributed by atoms with Crippen molar-refractivity contribution in [2.45, 2.75) is 13.8 Å². The van der Waals surface area contributed by atoms with Gasteiger partial charge in [0.05, 0.1) is 0 Å². The van der Waals surface area contributed by atoms with E-state index < -0.39 is 5.97 Å². The summed E-state index contributed by atoms with van der Waals surface area (Å²) in [6.45, 7) is 3.38. The van der Waals surface area contributed by atoms with Crippen LogP contribution >= 0.6 is 0 Å². The first kappa shape index (κ1) is 16.8. The maximum absolute atomic E-state index is 12.3. The number of ketones is 1. The van der Waals surface area contributed by atoms with Gasteiger partial charge in [0.15, 0.2) is 6.61 Å². The second-order valence-electron chi connectivity index (χ2n) is 6.03. The molecular formula is C20H19NO4. The summed E-state index contributed by atoms with van der Waals surface area (Å²) in [6, 6.07) is 12.2. The highest BCUT2D eigenvalue weighted by Crippen LogP contribution is 2.29. The minimum atomic E-state index is -0.720. The highest BCUT2D eigenvalue weighted by atomic mass is 16.5. The molecule has 0 spiro atoms. The molecule has 0 fully saturated rings. The van der Waals surface area contributed by atoms with Crippen LogP contribution in [0.5, 0.6) is 5.75 Å². The standard InChI is InChI=1S/C20H19NO4/c1-12-10-17(13(2)21(12)3)18(22)11-25-20(24)16-9-8-14-6-4-5-7-15(14)19(16)23/h4-10,23H,11H2,1-3H3. The summed E-state index contributed by atoms with van der Waals surface area (Å²) in [7, 11) is 1.88. The van der Waals surface area contributed by atoms with E-state index in [-0.39, 0.29) is 23.7 Å². The number of aryl methyl sites for hydroxylation is 1. The molecule has 0 aliphatic carbocycles. The zero-order valence-corrected chi connectivity index (χ0v) is 14.4. The molecule has 128 valence electrons. The number of carbonyl (C=O) groups excluding carboxylic acids is 2. The van der Waals surface area contributed by atoms with E-state index in [0.29, 0.717) is 10.9 Å². The Hall–Kier alpha value is -3.08. The maximum Gasteiger partial charge on any atom is 0.342 e. The SMILES string of the molecule is Cc1cc(C(=O)COC(=O)c2ccc3ccccc3c2O)c(C)n1C. The summed E-state index contributed by atoms with van der Waals surface area (Å²) in [5.41, 5.74) is 2.37. The van der Waals surface area contributed by atoms with E-state index in [4.69, 9.17) is 4.74 Å². The highest BCUT2D eigenvalue weighted by Gasteiger charge is 2.19. The third-order valence-corrected chi connectivity index (χ3v) is 4.53. The number of benzene rings is 2. The van der Waals surface area contributed by atoms with Crippen molar-refractivity contribution in [3.63, 3.8) is 0 Å². The first-order valence-corrected chi connectivity index (χ1v) is 7.94. The number of hydrogen-bond acceptors (Lipinski definition) is 4.